The van der Waals surface area contributed by atoms with Crippen LogP contribution in [0.25, 0.3) is 11.5 Å². The Morgan fingerprint density at radius 1 is 1.19 bits per heavy atom. The van der Waals surface area contributed by atoms with Crippen LogP contribution < -0.4 is 0 Å². The number of esters is 1. The predicted octanol–water partition coefficient (Wildman–Crippen LogP) is 3.62. The fourth-order valence-electron chi connectivity index (χ4n) is 2.35. The molecule has 8 heteroatoms. The number of rotatable bonds is 5. The molecule has 26 heavy (non-hydrogen) atoms. The second kappa shape index (κ2) is 7.14. The summed E-state index contributed by atoms with van der Waals surface area (Å²) in [5, 5.41) is 18.7. The van der Waals surface area contributed by atoms with Crippen molar-refractivity contribution in [3.8, 4) is 11.5 Å². The highest BCUT2D eigenvalue weighted by Crippen LogP contribution is 2.21. The van der Waals surface area contributed by atoms with Gasteiger partial charge in [-0.05, 0) is 32.0 Å². The van der Waals surface area contributed by atoms with Crippen molar-refractivity contribution in [3.05, 3.63) is 75.2 Å². The molecule has 0 bridgehead atoms. The van der Waals surface area contributed by atoms with E-state index >= 15 is 0 Å². The van der Waals surface area contributed by atoms with Crippen molar-refractivity contribution in [2.45, 2.75) is 20.5 Å². The molecule has 0 aliphatic carbocycles. The summed E-state index contributed by atoms with van der Waals surface area (Å²) < 4.78 is 10.6. The van der Waals surface area contributed by atoms with Crippen molar-refractivity contribution in [2.75, 3.05) is 0 Å². The quantitative estimate of drug-likeness (QED) is 0.391. The lowest BCUT2D eigenvalue weighted by atomic mass is 10.1. The number of hydrogen-bond acceptors (Lipinski definition) is 7. The average Bonchev–Trinajstić information content (AvgIpc) is 3.09. The Kier molecular flexibility index (Phi) is 4.74. The Hall–Kier alpha value is -3.55. The predicted molar refractivity (Wildman–Crippen MR) is 91.4 cm³/mol. The van der Waals surface area contributed by atoms with Crippen molar-refractivity contribution < 1.29 is 18.9 Å². The van der Waals surface area contributed by atoms with E-state index in [-0.39, 0.29) is 23.7 Å². The molecule has 0 saturated carbocycles. The van der Waals surface area contributed by atoms with Gasteiger partial charge in [-0.15, -0.1) is 10.2 Å². The normalized spacial score (nSPS) is 10.5. The van der Waals surface area contributed by atoms with Crippen molar-refractivity contribution in [2.24, 2.45) is 0 Å². The van der Waals surface area contributed by atoms with E-state index in [4.69, 9.17) is 9.15 Å². The van der Waals surface area contributed by atoms with E-state index in [0.717, 1.165) is 11.1 Å². The van der Waals surface area contributed by atoms with Gasteiger partial charge in [0.2, 0.25) is 5.89 Å². The number of carbonyl (C=O) groups is 1. The van der Waals surface area contributed by atoms with Gasteiger partial charge in [0, 0.05) is 17.2 Å². The molecule has 0 amide bonds. The summed E-state index contributed by atoms with van der Waals surface area (Å²) in [7, 11) is 0. The minimum atomic E-state index is -0.705. The lowest BCUT2D eigenvalue weighted by Crippen LogP contribution is -2.06. The van der Waals surface area contributed by atoms with Gasteiger partial charge in [-0.2, -0.15) is 0 Å². The number of nitro groups is 1. The molecule has 0 aliphatic rings. The van der Waals surface area contributed by atoms with Crippen LogP contribution in [0.4, 0.5) is 5.69 Å². The van der Waals surface area contributed by atoms with Gasteiger partial charge in [0.1, 0.15) is 0 Å². The van der Waals surface area contributed by atoms with Crippen LogP contribution in [0.5, 0.6) is 0 Å². The molecule has 0 N–H and O–H groups in total. The first-order valence-corrected chi connectivity index (χ1v) is 7.75. The smallest absolute Gasteiger partial charge is 0.338 e. The molecule has 0 unspecified atom stereocenters. The number of nitro benzene ring substituents is 1. The zero-order valence-corrected chi connectivity index (χ0v) is 14.1. The number of aromatic nitrogens is 2. The lowest BCUT2D eigenvalue weighted by molar-refractivity contribution is -0.385. The molecule has 0 spiro atoms. The molecule has 0 atom stereocenters. The van der Waals surface area contributed by atoms with E-state index in [1.165, 1.54) is 18.2 Å². The first-order valence-electron chi connectivity index (χ1n) is 7.75. The molecule has 3 rings (SSSR count). The fourth-order valence-corrected chi connectivity index (χ4v) is 2.35. The lowest BCUT2D eigenvalue weighted by Gasteiger charge is -2.03. The van der Waals surface area contributed by atoms with E-state index in [0.29, 0.717) is 11.5 Å². The Balaban J connectivity index is 1.69. The summed E-state index contributed by atoms with van der Waals surface area (Å²) in [5.74, 6) is -0.245. The van der Waals surface area contributed by atoms with Crippen LogP contribution in [0.3, 0.4) is 0 Å². The van der Waals surface area contributed by atoms with Crippen molar-refractivity contribution in [3.63, 3.8) is 0 Å². The Labute approximate surface area is 148 Å². The zero-order valence-electron chi connectivity index (χ0n) is 14.1. The molecule has 3 aromatic rings. The molecule has 1 aromatic heterocycles. The minimum absolute atomic E-state index is 0.0840. The van der Waals surface area contributed by atoms with E-state index in [1.54, 1.807) is 6.92 Å². The standard InChI is InChI=1S/C18H15N3O5/c1-11-4-3-5-13(8-11)17-20-19-16(26-17)10-25-18(22)14-7-6-12(2)15(9-14)21(23)24/h3-9H,10H2,1-2H3. The summed E-state index contributed by atoms with van der Waals surface area (Å²) in [6, 6.07) is 11.7. The first kappa shape index (κ1) is 17.3. The molecule has 0 fully saturated rings. The largest absolute Gasteiger partial charge is 0.452 e. The molecule has 2 aromatic carbocycles. The summed E-state index contributed by atoms with van der Waals surface area (Å²) in [5.41, 5.74) is 2.23. The molecule has 8 nitrogen and oxygen atoms in total. The molecule has 0 saturated heterocycles. The van der Waals surface area contributed by atoms with Crippen LogP contribution in [0.1, 0.15) is 27.4 Å². The monoisotopic (exact) mass is 353 g/mol. The minimum Gasteiger partial charge on any atom is -0.452 e. The van der Waals surface area contributed by atoms with Gasteiger partial charge < -0.3 is 9.15 Å². The summed E-state index contributed by atoms with van der Waals surface area (Å²) in [4.78, 5) is 22.5. The molecule has 0 aliphatic heterocycles. The second-order valence-corrected chi connectivity index (χ2v) is 5.70. The van der Waals surface area contributed by atoms with Crippen molar-refractivity contribution in [1.29, 1.82) is 0 Å². The van der Waals surface area contributed by atoms with Gasteiger partial charge in [0.05, 0.1) is 10.5 Å². The number of carbonyl (C=O) groups excluding carboxylic acids is 1. The first-order chi connectivity index (χ1) is 12.4. The summed E-state index contributed by atoms with van der Waals surface area (Å²) in [6.45, 7) is 3.32. The van der Waals surface area contributed by atoms with Gasteiger partial charge in [-0.1, -0.05) is 23.8 Å². The molecular weight excluding hydrogens is 338 g/mol. The van der Waals surface area contributed by atoms with Crippen LogP contribution in [0.2, 0.25) is 0 Å². The maximum atomic E-state index is 12.1. The number of aryl methyl sites for hydroxylation is 2. The third kappa shape index (κ3) is 3.75. The third-order valence-electron chi connectivity index (χ3n) is 3.70. The number of nitrogens with zero attached hydrogens (tertiary/aromatic N) is 3. The van der Waals surface area contributed by atoms with Gasteiger partial charge >= 0.3 is 5.97 Å². The molecule has 1 heterocycles. The summed E-state index contributed by atoms with van der Waals surface area (Å²) >= 11 is 0. The van der Waals surface area contributed by atoms with Crippen LogP contribution in [0, 0.1) is 24.0 Å². The van der Waals surface area contributed by atoms with Gasteiger partial charge in [-0.25, -0.2) is 4.79 Å². The highest BCUT2D eigenvalue weighted by atomic mass is 16.6. The van der Waals surface area contributed by atoms with E-state index in [9.17, 15) is 14.9 Å². The van der Waals surface area contributed by atoms with Gasteiger partial charge in [0.15, 0.2) is 6.61 Å². The van der Waals surface area contributed by atoms with Crippen LogP contribution in [-0.4, -0.2) is 21.1 Å². The Bertz CT molecular complexity index is 980. The zero-order chi connectivity index (χ0) is 18.7. The van der Waals surface area contributed by atoms with Gasteiger partial charge in [-0.3, -0.25) is 10.1 Å². The van der Waals surface area contributed by atoms with Crippen molar-refractivity contribution >= 4 is 11.7 Å². The average molecular weight is 353 g/mol. The molecule has 132 valence electrons. The number of ether oxygens (including phenoxy) is 1. The molecular formula is C18H15N3O5. The third-order valence-corrected chi connectivity index (χ3v) is 3.70. The topological polar surface area (TPSA) is 108 Å². The van der Waals surface area contributed by atoms with E-state index in [1.807, 2.05) is 31.2 Å². The highest BCUT2D eigenvalue weighted by Gasteiger charge is 2.17. The number of benzene rings is 2. The maximum Gasteiger partial charge on any atom is 0.338 e. The maximum absolute atomic E-state index is 12.1. The van der Waals surface area contributed by atoms with E-state index < -0.39 is 10.9 Å². The number of hydrogen-bond donors (Lipinski definition) is 0. The van der Waals surface area contributed by atoms with Crippen LogP contribution in [-0.2, 0) is 11.3 Å². The second-order valence-electron chi connectivity index (χ2n) is 5.70. The van der Waals surface area contributed by atoms with E-state index in [2.05, 4.69) is 10.2 Å². The Morgan fingerprint density at radius 3 is 2.73 bits per heavy atom. The van der Waals surface area contributed by atoms with Crippen LogP contribution >= 0.6 is 0 Å². The SMILES string of the molecule is Cc1cccc(-c2nnc(COC(=O)c3ccc(C)c([N+](=O)[O-])c3)o2)c1. The van der Waals surface area contributed by atoms with Gasteiger partial charge in [0.25, 0.3) is 11.6 Å². The van der Waals surface area contributed by atoms with Crippen LogP contribution in [0.15, 0.2) is 46.9 Å². The summed E-state index contributed by atoms with van der Waals surface area (Å²) in [6.07, 6.45) is 0. The fraction of sp³-hybridized carbons (Fsp3) is 0.167. The molecule has 0 radical (unpaired) electrons. The Morgan fingerprint density at radius 2 is 2.00 bits per heavy atom. The van der Waals surface area contributed by atoms with Crippen molar-refractivity contribution in [1.82, 2.24) is 10.2 Å². The highest BCUT2D eigenvalue weighted by molar-refractivity contribution is 5.90.